The largest absolute Gasteiger partial charge is 0.496 e. The molecule has 0 atom stereocenters. The topological polar surface area (TPSA) is 35.2 Å². The molecule has 0 saturated carbocycles. The summed E-state index contributed by atoms with van der Waals surface area (Å²) in [6.45, 7) is 6.13. The van der Waals surface area contributed by atoms with Gasteiger partial charge in [0, 0.05) is 5.54 Å². The van der Waals surface area contributed by atoms with Gasteiger partial charge in [-0.15, -0.1) is 0 Å². The third-order valence-corrected chi connectivity index (χ3v) is 2.41. The van der Waals surface area contributed by atoms with Gasteiger partial charge in [0.15, 0.2) is 0 Å². The van der Waals surface area contributed by atoms with Crippen LogP contribution < -0.4 is 10.5 Å². The molecular weight excluding hydrogens is 174 g/mol. The van der Waals surface area contributed by atoms with Crippen molar-refractivity contribution < 1.29 is 4.74 Å². The molecule has 0 heterocycles. The molecule has 0 amide bonds. The lowest BCUT2D eigenvalue weighted by Gasteiger charge is -2.20. The number of hydrogen-bond acceptors (Lipinski definition) is 2. The number of methoxy groups -OCH3 is 1. The first-order valence-electron chi connectivity index (χ1n) is 4.95. The van der Waals surface area contributed by atoms with Crippen LogP contribution in [0.2, 0.25) is 0 Å². The molecule has 0 bridgehead atoms. The molecule has 0 saturated heterocycles. The molecule has 0 aromatic heterocycles. The quantitative estimate of drug-likeness (QED) is 0.800. The van der Waals surface area contributed by atoms with Crippen molar-refractivity contribution in [3.05, 3.63) is 29.3 Å². The summed E-state index contributed by atoms with van der Waals surface area (Å²) >= 11 is 0. The van der Waals surface area contributed by atoms with Crippen molar-refractivity contribution in [2.24, 2.45) is 5.73 Å². The van der Waals surface area contributed by atoms with Gasteiger partial charge in [-0.05, 0) is 37.5 Å². The van der Waals surface area contributed by atoms with Crippen molar-refractivity contribution in [2.45, 2.75) is 32.7 Å². The molecule has 2 nitrogen and oxygen atoms in total. The van der Waals surface area contributed by atoms with Gasteiger partial charge in [0.25, 0.3) is 0 Å². The van der Waals surface area contributed by atoms with Gasteiger partial charge in [0.2, 0.25) is 0 Å². The minimum absolute atomic E-state index is 0.282. The first-order chi connectivity index (χ1) is 6.49. The Hall–Kier alpha value is -1.02. The van der Waals surface area contributed by atoms with Crippen LogP contribution in [0.25, 0.3) is 0 Å². The minimum Gasteiger partial charge on any atom is -0.496 e. The van der Waals surface area contributed by atoms with E-state index in [4.69, 9.17) is 10.5 Å². The zero-order valence-corrected chi connectivity index (χ0v) is 9.42. The molecule has 2 heteroatoms. The van der Waals surface area contributed by atoms with Crippen LogP contribution in [0.1, 0.15) is 31.9 Å². The highest BCUT2D eigenvalue weighted by Crippen LogP contribution is 2.25. The van der Waals surface area contributed by atoms with Crippen molar-refractivity contribution in [3.8, 4) is 5.75 Å². The minimum atomic E-state index is -0.282. The normalized spacial score (nSPS) is 11.5. The summed E-state index contributed by atoms with van der Waals surface area (Å²) in [6, 6.07) is 6.14. The molecule has 78 valence electrons. The first-order valence-corrected chi connectivity index (χ1v) is 4.95. The second-order valence-electron chi connectivity index (χ2n) is 4.10. The number of hydrogen-bond donors (Lipinski definition) is 1. The lowest BCUT2D eigenvalue weighted by atomic mass is 9.93. The van der Waals surface area contributed by atoms with E-state index < -0.39 is 0 Å². The van der Waals surface area contributed by atoms with E-state index in [0.717, 1.165) is 17.7 Å². The molecule has 0 aliphatic carbocycles. The van der Waals surface area contributed by atoms with Gasteiger partial charge in [-0.2, -0.15) is 0 Å². The zero-order valence-electron chi connectivity index (χ0n) is 9.42. The van der Waals surface area contributed by atoms with Crippen molar-refractivity contribution in [1.82, 2.24) is 0 Å². The second kappa shape index (κ2) is 4.01. The molecule has 0 unspecified atom stereocenters. The third kappa shape index (κ3) is 2.26. The molecule has 1 rings (SSSR count). The van der Waals surface area contributed by atoms with Crippen molar-refractivity contribution >= 4 is 0 Å². The van der Waals surface area contributed by atoms with Crippen LogP contribution in [0, 0.1) is 0 Å². The lowest BCUT2D eigenvalue weighted by molar-refractivity contribution is 0.409. The molecule has 2 N–H and O–H groups in total. The van der Waals surface area contributed by atoms with Gasteiger partial charge in [-0.25, -0.2) is 0 Å². The Bertz CT molecular complexity index is 313. The van der Waals surface area contributed by atoms with Gasteiger partial charge in [-0.3, -0.25) is 0 Å². The standard InChI is InChI=1S/C12H19NO/c1-5-9-8-10(12(2,3)13)6-7-11(9)14-4/h6-8H,5,13H2,1-4H3. The Labute approximate surface area is 86.1 Å². The zero-order chi connectivity index (χ0) is 10.8. The number of nitrogens with two attached hydrogens (primary N) is 1. The molecule has 1 aromatic rings. The average molecular weight is 193 g/mol. The maximum atomic E-state index is 6.03. The Morgan fingerprint density at radius 1 is 1.36 bits per heavy atom. The Balaban J connectivity index is 3.14. The molecular formula is C12H19NO. The predicted molar refractivity (Wildman–Crippen MR) is 59.6 cm³/mol. The fourth-order valence-corrected chi connectivity index (χ4v) is 1.46. The number of aryl methyl sites for hydroxylation is 1. The van der Waals surface area contributed by atoms with Crippen LogP contribution in [-0.2, 0) is 12.0 Å². The summed E-state index contributed by atoms with van der Waals surface area (Å²) in [7, 11) is 1.70. The molecule has 0 spiro atoms. The van der Waals surface area contributed by atoms with Gasteiger partial charge in [0.1, 0.15) is 5.75 Å². The third-order valence-electron chi connectivity index (χ3n) is 2.41. The van der Waals surface area contributed by atoms with Crippen LogP contribution >= 0.6 is 0 Å². The van der Waals surface area contributed by atoms with Crippen LogP contribution in [0.4, 0.5) is 0 Å². The average Bonchev–Trinajstić information content (AvgIpc) is 2.15. The SMILES string of the molecule is CCc1cc(C(C)(C)N)ccc1OC. The van der Waals surface area contributed by atoms with Gasteiger partial charge in [0.05, 0.1) is 7.11 Å². The number of rotatable bonds is 3. The van der Waals surface area contributed by atoms with E-state index in [0.29, 0.717) is 0 Å². The molecule has 0 radical (unpaired) electrons. The highest BCUT2D eigenvalue weighted by molar-refractivity contribution is 5.39. The number of benzene rings is 1. The molecule has 0 aliphatic heterocycles. The summed E-state index contributed by atoms with van der Waals surface area (Å²) in [5.41, 5.74) is 8.11. The van der Waals surface area contributed by atoms with E-state index in [1.165, 1.54) is 5.56 Å². The van der Waals surface area contributed by atoms with Crippen molar-refractivity contribution in [1.29, 1.82) is 0 Å². The van der Waals surface area contributed by atoms with Crippen LogP contribution in [0.15, 0.2) is 18.2 Å². The highest BCUT2D eigenvalue weighted by Gasteiger charge is 2.15. The van der Waals surface area contributed by atoms with E-state index in [2.05, 4.69) is 13.0 Å². The fourth-order valence-electron chi connectivity index (χ4n) is 1.46. The van der Waals surface area contributed by atoms with Crippen LogP contribution in [0.5, 0.6) is 5.75 Å². The maximum Gasteiger partial charge on any atom is 0.122 e. The molecule has 0 fully saturated rings. The second-order valence-corrected chi connectivity index (χ2v) is 4.10. The Kier molecular flexibility index (Phi) is 3.17. The summed E-state index contributed by atoms with van der Waals surface area (Å²) in [5, 5.41) is 0. The highest BCUT2D eigenvalue weighted by atomic mass is 16.5. The first kappa shape index (κ1) is 11.1. The Morgan fingerprint density at radius 3 is 2.43 bits per heavy atom. The van der Waals surface area contributed by atoms with Gasteiger partial charge < -0.3 is 10.5 Å². The lowest BCUT2D eigenvalue weighted by Crippen LogP contribution is -2.28. The fraction of sp³-hybridized carbons (Fsp3) is 0.500. The van der Waals surface area contributed by atoms with E-state index in [-0.39, 0.29) is 5.54 Å². The molecule has 1 aromatic carbocycles. The Morgan fingerprint density at radius 2 is 2.00 bits per heavy atom. The van der Waals surface area contributed by atoms with Crippen molar-refractivity contribution in [3.63, 3.8) is 0 Å². The van der Waals surface area contributed by atoms with E-state index >= 15 is 0 Å². The molecule has 14 heavy (non-hydrogen) atoms. The van der Waals surface area contributed by atoms with Crippen LogP contribution in [-0.4, -0.2) is 7.11 Å². The summed E-state index contributed by atoms with van der Waals surface area (Å²) in [4.78, 5) is 0. The smallest absolute Gasteiger partial charge is 0.122 e. The van der Waals surface area contributed by atoms with Crippen LogP contribution in [0.3, 0.4) is 0 Å². The van der Waals surface area contributed by atoms with E-state index in [9.17, 15) is 0 Å². The van der Waals surface area contributed by atoms with E-state index in [1.54, 1.807) is 7.11 Å². The van der Waals surface area contributed by atoms with Gasteiger partial charge in [-0.1, -0.05) is 19.1 Å². The number of ether oxygens (including phenoxy) is 1. The summed E-state index contributed by atoms with van der Waals surface area (Å²) in [6.07, 6.45) is 0.965. The van der Waals surface area contributed by atoms with E-state index in [1.807, 2.05) is 26.0 Å². The van der Waals surface area contributed by atoms with Crippen molar-refractivity contribution in [2.75, 3.05) is 7.11 Å². The predicted octanol–water partition coefficient (Wildman–Crippen LogP) is 2.45. The van der Waals surface area contributed by atoms with Gasteiger partial charge >= 0.3 is 0 Å². The summed E-state index contributed by atoms with van der Waals surface area (Å²) < 4.78 is 5.26. The maximum absolute atomic E-state index is 6.03. The molecule has 0 aliphatic rings. The summed E-state index contributed by atoms with van der Waals surface area (Å²) in [5.74, 6) is 0.945. The monoisotopic (exact) mass is 193 g/mol.